The lowest BCUT2D eigenvalue weighted by Crippen LogP contribution is -2.45. The lowest BCUT2D eigenvalue weighted by atomic mass is 9.74. The van der Waals surface area contributed by atoms with E-state index in [9.17, 15) is 14.7 Å². The molecule has 0 saturated carbocycles. The van der Waals surface area contributed by atoms with Crippen molar-refractivity contribution in [3.05, 3.63) is 29.0 Å². The molecule has 0 bridgehead atoms. The zero-order valence-electron chi connectivity index (χ0n) is 13.7. The molecule has 2 atom stereocenters. The zero-order valence-corrected chi connectivity index (χ0v) is 14.5. The van der Waals surface area contributed by atoms with Crippen molar-refractivity contribution >= 4 is 23.2 Å². The highest BCUT2D eigenvalue weighted by atomic mass is 32.1. The average Bonchev–Trinajstić information content (AvgIpc) is 3.32. The van der Waals surface area contributed by atoms with E-state index in [0.29, 0.717) is 42.6 Å². The second-order valence-electron chi connectivity index (χ2n) is 6.57. The summed E-state index contributed by atoms with van der Waals surface area (Å²) in [5, 5.41) is 10.4. The van der Waals surface area contributed by atoms with Crippen molar-refractivity contribution in [3.63, 3.8) is 0 Å². The smallest absolute Gasteiger partial charge is 0.311 e. The van der Waals surface area contributed by atoms with E-state index in [1.807, 2.05) is 6.92 Å². The van der Waals surface area contributed by atoms with Gasteiger partial charge in [-0.25, -0.2) is 4.98 Å². The van der Waals surface area contributed by atoms with Crippen molar-refractivity contribution in [2.24, 2.45) is 11.3 Å². The summed E-state index contributed by atoms with van der Waals surface area (Å²) in [4.78, 5) is 31.7. The van der Waals surface area contributed by atoms with Gasteiger partial charge in [0.1, 0.15) is 5.69 Å². The van der Waals surface area contributed by atoms with E-state index in [2.05, 4.69) is 4.98 Å². The van der Waals surface area contributed by atoms with Gasteiger partial charge in [-0.2, -0.15) is 0 Å². The number of thiazole rings is 1. The maximum absolute atomic E-state index is 13.0. The minimum Gasteiger partial charge on any atom is -0.481 e. The van der Waals surface area contributed by atoms with Crippen molar-refractivity contribution in [1.82, 2.24) is 9.88 Å². The third-order valence-corrected chi connectivity index (χ3v) is 6.14. The number of ether oxygens (including phenoxy) is 1. The summed E-state index contributed by atoms with van der Waals surface area (Å²) in [6.07, 6.45) is 2.00. The molecule has 0 radical (unpaired) electrons. The number of carbonyl (C=O) groups is 2. The largest absolute Gasteiger partial charge is 0.481 e. The number of likely N-dealkylation sites (tertiary alicyclic amines) is 1. The molecule has 0 unspecified atom stereocenters. The number of aromatic nitrogens is 1. The van der Waals surface area contributed by atoms with Crippen LogP contribution < -0.4 is 0 Å². The molecule has 4 heterocycles. The molecule has 2 fully saturated rings. The minimum absolute atomic E-state index is 0.175. The Balaban J connectivity index is 1.61. The number of carbonyl (C=O) groups excluding carboxylic acids is 1. The SMILES string of the molecule is Cc1sc(-c2ccco2)nc1C(=O)N1C[C@H]2COCC[C@@]2(C(=O)O)C1. The van der Waals surface area contributed by atoms with Crippen LogP contribution in [0.3, 0.4) is 0 Å². The topological polar surface area (TPSA) is 92.9 Å². The quantitative estimate of drug-likeness (QED) is 0.900. The van der Waals surface area contributed by atoms with Gasteiger partial charge in [0, 0.05) is 30.5 Å². The number of nitrogens with zero attached hydrogens (tertiary/aromatic N) is 2. The first-order chi connectivity index (χ1) is 12.0. The number of furan rings is 1. The molecule has 0 aromatic carbocycles. The molecule has 4 rings (SSSR count). The summed E-state index contributed by atoms with van der Waals surface area (Å²) in [6, 6.07) is 3.57. The number of aryl methyl sites for hydroxylation is 1. The molecule has 2 aromatic heterocycles. The molecular weight excluding hydrogens is 344 g/mol. The van der Waals surface area contributed by atoms with Gasteiger partial charge in [-0.3, -0.25) is 9.59 Å². The van der Waals surface area contributed by atoms with Crippen LogP contribution in [0.5, 0.6) is 0 Å². The number of hydrogen-bond donors (Lipinski definition) is 1. The van der Waals surface area contributed by atoms with Crippen LogP contribution in [-0.4, -0.2) is 53.2 Å². The molecule has 1 amide bonds. The number of fused-ring (bicyclic) bond motifs is 1. The fourth-order valence-electron chi connectivity index (χ4n) is 3.70. The average molecular weight is 362 g/mol. The third kappa shape index (κ3) is 2.56. The molecule has 0 aliphatic carbocycles. The molecule has 7 nitrogen and oxygen atoms in total. The van der Waals surface area contributed by atoms with E-state index in [4.69, 9.17) is 9.15 Å². The van der Waals surface area contributed by atoms with Crippen LogP contribution in [0.2, 0.25) is 0 Å². The fourth-order valence-corrected chi connectivity index (χ4v) is 4.58. The van der Waals surface area contributed by atoms with E-state index >= 15 is 0 Å². The standard InChI is InChI=1S/C17H18N2O5S/c1-10-13(18-14(25-10)12-3-2-5-24-12)15(20)19-7-11-8-23-6-4-17(11,9-19)16(21)22/h2-3,5,11H,4,6-9H2,1H3,(H,21,22)/t11-,17+/m0/s1. The second-order valence-corrected chi connectivity index (χ2v) is 7.77. The first-order valence-corrected chi connectivity index (χ1v) is 8.94. The minimum atomic E-state index is -0.901. The van der Waals surface area contributed by atoms with Gasteiger partial charge in [-0.05, 0) is 25.5 Å². The summed E-state index contributed by atoms with van der Waals surface area (Å²) < 4.78 is 10.8. The Kier molecular flexibility index (Phi) is 3.88. The summed E-state index contributed by atoms with van der Waals surface area (Å²) in [6.45, 7) is 3.24. The Hall–Kier alpha value is -2.19. The highest BCUT2D eigenvalue weighted by Gasteiger charge is 2.55. The Bertz CT molecular complexity index is 815. The van der Waals surface area contributed by atoms with Gasteiger partial charge in [-0.15, -0.1) is 11.3 Å². The molecule has 132 valence electrons. The highest BCUT2D eigenvalue weighted by molar-refractivity contribution is 7.15. The van der Waals surface area contributed by atoms with Crippen LogP contribution in [0.4, 0.5) is 0 Å². The van der Waals surface area contributed by atoms with E-state index in [0.717, 1.165) is 4.88 Å². The van der Waals surface area contributed by atoms with Crippen LogP contribution in [0.25, 0.3) is 10.8 Å². The molecule has 0 spiro atoms. The molecule has 2 aromatic rings. The summed E-state index contributed by atoms with van der Waals surface area (Å²) >= 11 is 1.40. The van der Waals surface area contributed by atoms with Gasteiger partial charge in [0.25, 0.3) is 5.91 Å². The van der Waals surface area contributed by atoms with Crippen molar-refractivity contribution in [3.8, 4) is 10.8 Å². The van der Waals surface area contributed by atoms with Gasteiger partial charge in [0.2, 0.25) is 0 Å². The van der Waals surface area contributed by atoms with E-state index in [-0.39, 0.29) is 18.4 Å². The van der Waals surface area contributed by atoms with Crippen molar-refractivity contribution in [2.75, 3.05) is 26.3 Å². The Morgan fingerprint density at radius 1 is 1.48 bits per heavy atom. The van der Waals surface area contributed by atoms with Gasteiger partial charge in [0.15, 0.2) is 10.8 Å². The lowest BCUT2D eigenvalue weighted by molar-refractivity contribution is -0.157. The molecule has 25 heavy (non-hydrogen) atoms. The van der Waals surface area contributed by atoms with Gasteiger partial charge in [-0.1, -0.05) is 0 Å². The Morgan fingerprint density at radius 3 is 3.00 bits per heavy atom. The number of rotatable bonds is 3. The zero-order chi connectivity index (χ0) is 17.6. The Labute approximate surface area is 148 Å². The van der Waals surface area contributed by atoms with Crippen LogP contribution in [-0.2, 0) is 9.53 Å². The number of amides is 1. The number of aliphatic carboxylic acids is 1. The monoisotopic (exact) mass is 362 g/mol. The number of carboxylic acid groups (broad SMARTS) is 1. The summed E-state index contributed by atoms with van der Waals surface area (Å²) in [5.41, 5.74) is -0.529. The molecular formula is C17H18N2O5S. The second kappa shape index (κ2) is 5.96. The van der Waals surface area contributed by atoms with Crippen LogP contribution in [0.1, 0.15) is 21.8 Å². The molecule has 8 heteroatoms. The van der Waals surface area contributed by atoms with Crippen LogP contribution >= 0.6 is 11.3 Å². The van der Waals surface area contributed by atoms with Crippen molar-refractivity contribution in [1.29, 1.82) is 0 Å². The maximum Gasteiger partial charge on any atom is 0.311 e. The van der Waals surface area contributed by atoms with Gasteiger partial charge >= 0.3 is 5.97 Å². The predicted molar refractivity (Wildman–Crippen MR) is 89.5 cm³/mol. The first kappa shape index (κ1) is 16.3. The van der Waals surface area contributed by atoms with Crippen molar-refractivity contribution < 1.29 is 23.8 Å². The lowest BCUT2D eigenvalue weighted by Gasteiger charge is -2.33. The van der Waals surface area contributed by atoms with Gasteiger partial charge in [0.05, 0.1) is 18.3 Å². The fraction of sp³-hybridized carbons (Fsp3) is 0.471. The Morgan fingerprint density at radius 2 is 2.32 bits per heavy atom. The number of hydrogen-bond acceptors (Lipinski definition) is 6. The molecule has 2 aliphatic heterocycles. The van der Waals surface area contributed by atoms with Crippen LogP contribution in [0, 0.1) is 18.3 Å². The first-order valence-electron chi connectivity index (χ1n) is 8.13. The van der Waals surface area contributed by atoms with Crippen LogP contribution in [0.15, 0.2) is 22.8 Å². The maximum atomic E-state index is 13.0. The molecule has 2 saturated heterocycles. The normalized spacial score (nSPS) is 25.8. The van der Waals surface area contributed by atoms with E-state index in [1.165, 1.54) is 11.3 Å². The predicted octanol–water partition coefficient (Wildman–Crippen LogP) is 2.27. The summed E-state index contributed by atoms with van der Waals surface area (Å²) in [7, 11) is 0. The van der Waals surface area contributed by atoms with E-state index in [1.54, 1.807) is 23.3 Å². The van der Waals surface area contributed by atoms with Crippen molar-refractivity contribution in [2.45, 2.75) is 13.3 Å². The molecule has 1 N–H and O–H groups in total. The number of carboxylic acids is 1. The third-order valence-electron chi connectivity index (χ3n) is 5.15. The van der Waals surface area contributed by atoms with E-state index < -0.39 is 11.4 Å². The molecule has 2 aliphatic rings. The van der Waals surface area contributed by atoms with Gasteiger partial charge < -0.3 is 19.2 Å². The summed E-state index contributed by atoms with van der Waals surface area (Å²) in [5.74, 6) is -0.618. The highest BCUT2D eigenvalue weighted by Crippen LogP contribution is 2.43.